The zero-order valence-electron chi connectivity index (χ0n) is 16.6. The number of nitrogens with zero attached hydrogens (tertiary/aromatic N) is 2. The molecule has 1 atom stereocenters. The fourth-order valence-corrected chi connectivity index (χ4v) is 2.80. The van der Waals surface area contributed by atoms with Gasteiger partial charge in [0.1, 0.15) is 12.2 Å². The largest absolute Gasteiger partial charge is 0.493 e. The fourth-order valence-electron chi connectivity index (χ4n) is 2.80. The minimum atomic E-state index is -0.264. The van der Waals surface area contributed by atoms with Crippen molar-refractivity contribution in [1.29, 1.82) is 0 Å². The van der Waals surface area contributed by atoms with E-state index in [1.165, 1.54) is 7.11 Å². The summed E-state index contributed by atoms with van der Waals surface area (Å²) < 4.78 is 16.5. The van der Waals surface area contributed by atoms with Gasteiger partial charge in [-0.3, -0.25) is 9.78 Å². The van der Waals surface area contributed by atoms with Crippen LogP contribution in [0.5, 0.6) is 17.4 Å². The number of carbonyl (C=O) groups is 1. The van der Waals surface area contributed by atoms with Gasteiger partial charge in [0.2, 0.25) is 5.88 Å². The van der Waals surface area contributed by atoms with E-state index in [1.54, 1.807) is 37.8 Å². The summed E-state index contributed by atoms with van der Waals surface area (Å²) in [5, 5.41) is 2.95. The molecule has 2 heterocycles. The fraction of sp³-hybridized carbons (Fsp3) is 0.227. The number of hydrogen-bond acceptors (Lipinski definition) is 6. The van der Waals surface area contributed by atoms with Crippen LogP contribution in [-0.2, 0) is 6.61 Å². The maximum Gasteiger partial charge on any atom is 0.257 e. The first kappa shape index (κ1) is 20.1. The van der Waals surface area contributed by atoms with Crippen LogP contribution >= 0.6 is 0 Å². The molecule has 0 bridgehead atoms. The molecule has 0 aliphatic heterocycles. The van der Waals surface area contributed by atoms with Crippen LogP contribution in [0, 0.1) is 0 Å². The number of amides is 1. The number of carbonyl (C=O) groups excluding carboxylic acids is 1. The summed E-state index contributed by atoms with van der Waals surface area (Å²) in [7, 11) is 3.07. The normalized spacial score (nSPS) is 11.4. The van der Waals surface area contributed by atoms with Crippen molar-refractivity contribution in [2.45, 2.75) is 19.6 Å². The van der Waals surface area contributed by atoms with Gasteiger partial charge in [0, 0.05) is 18.6 Å². The monoisotopic (exact) mass is 393 g/mol. The predicted molar refractivity (Wildman–Crippen MR) is 108 cm³/mol. The molecule has 0 aliphatic rings. The number of ether oxygens (including phenoxy) is 3. The second-order valence-electron chi connectivity index (χ2n) is 6.31. The highest BCUT2D eigenvalue weighted by Gasteiger charge is 2.17. The number of nitrogens with one attached hydrogen (secondary N) is 1. The molecule has 7 heteroatoms. The SMILES string of the molecule is COc1cc(C(C)NC(=O)c2cccnc2OC)ccc1OCc1ccncc1. The van der Waals surface area contributed by atoms with Gasteiger partial charge in [-0.15, -0.1) is 0 Å². The molecule has 29 heavy (non-hydrogen) atoms. The highest BCUT2D eigenvalue weighted by molar-refractivity contribution is 5.96. The zero-order chi connectivity index (χ0) is 20.6. The van der Waals surface area contributed by atoms with Gasteiger partial charge in [-0.2, -0.15) is 0 Å². The maximum absolute atomic E-state index is 12.6. The number of aromatic nitrogens is 2. The zero-order valence-corrected chi connectivity index (χ0v) is 16.6. The average molecular weight is 393 g/mol. The second kappa shape index (κ2) is 9.54. The molecule has 150 valence electrons. The van der Waals surface area contributed by atoms with Crippen LogP contribution in [-0.4, -0.2) is 30.1 Å². The first-order chi connectivity index (χ1) is 14.1. The van der Waals surface area contributed by atoms with Gasteiger partial charge in [-0.05, 0) is 54.4 Å². The predicted octanol–water partition coefficient (Wildman–Crippen LogP) is 3.56. The Labute approximate surface area is 169 Å². The number of rotatable bonds is 8. The van der Waals surface area contributed by atoms with E-state index in [-0.39, 0.29) is 17.8 Å². The summed E-state index contributed by atoms with van der Waals surface area (Å²) >= 11 is 0. The summed E-state index contributed by atoms with van der Waals surface area (Å²) in [6.45, 7) is 2.30. The molecule has 3 rings (SSSR count). The van der Waals surface area contributed by atoms with E-state index >= 15 is 0 Å². The Morgan fingerprint density at radius 2 is 1.83 bits per heavy atom. The molecule has 0 radical (unpaired) electrons. The second-order valence-corrected chi connectivity index (χ2v) is 6.31. The molecular weight excluding hydrogens is 370 g/mol. The van der Waals surface area contributed by atoms with Crippen LogP contribution in [0.25, 0.3) is 0 Å². The highest BCUT2D eigenvalue weighted by atomic mass is 16.5. The first-order valence-electron chi connectivity index (χ1n) is 9.12. The molecule has 0 saturated carbocycles. The lowest BCUT2D eigenvalue weighted by Crippen LogP contribution is -2.27. The van der Waals surface area contributed by atoms with Gasteiger partial charge < -0.3 is 19.5 Å². The highest BCUT2D eigenvalue weighted by Crippen LogP contribution is 2.31. The molecule has 0 saturated heterocycles. The lowest BCUT2D eigenvalue weighted by atomic mass is 10.1. The van der Waals surface area contributed by atoms with E-state index in [1.807, 2.05) is 37.3 Å². The molecule has 1 amide bonds. The van der Waals surface area contributed by atoms with Crippen molar-refractivity contribution < 1.29 is 19.0 Å². The van der Waals surface area contributed by atoms with Gasteiger partial charge in [0.25, 0.3) is 5.91 Å². The smallest absolute Gasteiger partial charge is 0.257 e. The van der Waals surface area contributed by atoms with E-state index in [0.29, 0.717) is 23.7 Å². The number of methoxy groups -OCH3 is 2. The number of pyridine rings is 2. The first-order valence-corrected chi connectivity index (χ1v) is 9.12. The summed E-state index contributed by atoms with van der Waals surface area (Å²) in [4.78, 5) is 20.7. The van der Waals surface area contributed by atoms with Crippen molar-refractivity contribution in [3.05, 3.63) is 77.7 Å². The Hall–Kier alpha value is -3.61. The third kappa shape index (κ3) is 5.01. The summed E-state index contributed by atoms with van der Waals surface area (Å²) in [6.07, 6.45) is 5.02. The van der Waals surface area contributed by atoms with Crippen LogP contribution in [0.2, 0.25) is 0 Å². The lowest BCUT2D eigenvalue weighted by molar-refractivity contribution is 0.0936. The molecule has 1 unspecified atom stereocenters. The molecule has 0 fully saturated rings. The van der Waals surface area contributed by atoms with Crippen molar-refractivity contribution in [2.24, 2.45) is 0 Å². The van der Waals surface area contributed by atoms with Gasteiger partial charge in [-0.1, -0.05) is 6.07 Å². The average Bonchev–Trinajstić information content (AvgIpc) is 2.78. The molecule has 0 spiro atoms. The standard InChI is InChI=1S/C22H23N3O4/c1-15(25-21(26)18-5-4-10-24-22(18)28-3)17-6-7-19(20(13-17)27-2)29-14-16-8-11-23-12-9-16/h4-13,15H,14H2,1-3H3,(H,25,26). The lowest BCUT2D eigenvalue weighted by Gasteiger charge is -2.18. The Kier molecular flexibility index (Phi) is 6.63. The van der Waals surface area contributed by atoms with E-state index < -0.39 is 0 Å². The van der Waals surface area contributed by atoms with Gasteiger partial charge >= 0.3 is 0 Å². The van der Waals surface area contributed by atoms with Crippen LogP contribution in [0.4, 0.5) is 0 Å². The molecule has 2 aromatic heterocycles. The van der Waals surface area contributed by atoms with Gasteiger partial charge in [-0.25, -0.2) is 4.98 Å². The minimum Gasteiger partial charge on any atom is -0.493 e. The Morgan fingerprint density at radius 1 is 1.03 bits per heavy atom. The van der Waals surface area contributed by atoms with Crippen molar-refractivity contribution in [1.82, 2.24) is 15.3 Å². The summed E-state index contributed by atoms with van der Waals surface area (Å²) in [6, 6.07) is 12.5. The number of hydrogen-bond donors (Lipinski definition) is 1. The number of benzene rings is 1. The Balaban J connectivity index is 1.70. The van der Waals surface area contributed by atoms with Crippen LogP contribution in [0.15, 0.2) is 61.1 Å². The van der Waals surface area contributed by atoms with E-state index in [9.17, 15) is 4.79 Å². The summed E-state index contributed by atoms with van der Waals surface area (Å²) in [5.74, 6) is 1.24. The molecule has 1 aromatic carbocycles. The molecule has 0 aliphatic carbocycles. The van der Waals surface area contributed by atoms with Crippen molar-refractivity contribution in [3.8, 4) is 17.4 Å². The van der Waals surface area contributed by atoms with Crippen molar-refractivity contribution >= 4 is 5.91 Å². The minimum absolute atomic E-state index is 0.254. The third-order valence-corrected chi connectivity index (χ3v) is 4.39. The topological polar surface area (TPSA) is 82.6 Å². The Morgan fingerprint density at radius 3 is 2.55 bits per heavy atom. The molecule has 7 nitrogen and oxygen atoms in total. The van der Waals surface area contributed by atoms with Crippen LogP contribution < -0.4 is 19.5 Å². The molecular formula is C22H23N3O4. The van der Waals surface area contributed by atoms with Crippen molar-refractivity contribution in [2.75, 3.05) is 14.2 Å². The van der Waals surface area contributed by atoms with Gasteiger partial charge in [0.05, 0.1) is 20.3 Å². The third-order valence-electron chi connectivity index (χ3n) is 4.39. The van der Waals surface area contributed by atoms with E-state index in [2.05, 4.69) is 15.3 Å². The maximum atomic E-state index is 12.6. The Bertz CT molecular complexity index is 963. The van der Waals surface area contributed by atoms with E-state index in [4.69, 9.17) is 14.2 Å². The molecule has 1 N–H and O–H groups in total. The summed E-state index contributed by atoms with van der Waals surface area (Å²) in [5.41, 5.74) is 2.28. The van der Waals surface area contributed by atoms with Crippen molar-refractivity contribution in [3.63, 3.8) is 0 Å². The van der Waals surface area contributed by atoms with Crippen LogP contribution in [0.3, 0.4) is 0 Å². The quantitative estimate of drug-likeness (QED) is 0.630. The van der Waals surface area contributed by atoms with E-state index in [0.717, 1.165) is 11.1 Å². The van der Waals surface area contributed by atoms with Gasteiger partial charge in [0.15, 0.2) is 11.5 Å². The van der Waals surface area contributed by atoms with Crippen LogP contribution in [0.1, 0.15) is 34.5 Å². The molecule has 3 aromatic rings.